The molecule has 88 valence electrons. The molecule has 5 nitrogen and oxygen atoms in total. The van der Waals surface area contributed by atoms with Gasteiger partial charge in [-0.2, -0.15) is 0 Å². The van der Waals surface area contributed by atoms with Crippen LogP contribution in [0.2, 0.25) is 0 Å². The molecule has 0 amide bonds. The van der Waals surface area contributed by atoms with Crippen molar-refractivity contribution in [2.45, 2.75) is 31.1 Å². The van der Waals surface area contributed by atoms with Gasteiger partial charge in [0.2, 0.25) is 0 Å². The van der Waals surface area contributed by atoms with Crippen LogP contribution in [0.1, 0.15) is 30.3 Å². The number of hydrogen-bond donors (Lipinski definition) is 1. The summed E-state index contributed by atoms with van der Waals surface area (Å²) in [4.78, 5) is 8.31. The molecule has 1 aromatic rings. The predicted molar refractivity (Wildman–Crippen MR) is 59.3 cm³/mol. The topological polar surface area (TPSA) is 72.3 Å². The molecular weight excluding hydrogens is 228 g/mol. The van der Waals surface area contributed by atoms with Crippen LogP contribution in [0.15, 0.2) is 12.4 Å². The van der Waals surface area contributed by atoms with Crippen molar-refractivity contribution in [1.82, 2.24) is 9.97 Å². The van der Waals surface area contributed by atoms with Gasteiger partial charge >= 0.3 is 0 Å². The van der Waals surface area contributed by atoms with E-state index in [4.69, 9.17) is 4.74 Å². The highest BCUT2D eigenvalue weighted by atomic mass is 32.2. The van der Waals surface area contributed by atoms with E-state index in [-0.39, 0.29) is 0 Å². The van der Waals surface area contributed by atoms with Crippen LogP contribution in [0.4, 0.5) is 0 Å². The molecule has 3 atom stereocenters. The summed E-state index contributed by atoms with van der Waals surface area (Å²) in [5.41, 5.74) is 0.959. The Morgan fingerprint density at radius 1 is 1.50 bits per heavy atom. The molecule has 1 unspecified atom stereocenters. The van der Waals surface area contributed by atoms with Crippen LogP contribution in [0.25, 0.3) is 0 Å². The Labute approximate surface area is 96.5 Å². The molecule has 0 aromatic carbocycles. The standard InChI is InChI=1S/C10H14N2O3S/c1-7-5-11-10(12-6-7)9-8(16(13)14)3-2-4-15-9/h5-6,8-9H,2-4H2,1H3,(H,13,14)/t8-,9-/m1/s1. The largest absolute Gasteiger partial charge is 0.369 e. The average Bonchev–Trinajstić information content (AvgIpc) is 2.30. The number of rotatable bonds is 2. The van der Waals surface area contributed by atoms with E-state index in [0.29, 0.717) is 18.9 Å². The van der Waals surface area contributed by atoms with Crippen molar-refractivity contribution in [3.05, 3.63) is 23.8 Å². The minimum atomic E-state index is -1.89. The van der Waals surface area contributed by atoms with Gasteiger partial charge in [0, 0.05) is 19.0 Å². The third-order valence-electron chi connectivity index (χ3n) is 2.58. The lowest BCUT2D eigenvalue weighted by Gasteiger charge is -2.27. The van der Waals surface area contributed by atoms with Gasteiger partial charge in [0.1, 0.15) is 6.10 Å². The number of nitrogens with zero attached hydrogens (tertiary/aromatic N) is 2. The fourth-order valence-corrected chi connectivity index (χ4v) is 2.53. The van der Waals surface area contributed by atoms with Crippen molar-refractivity contribution in [2.24, 2.45) is 0 Å². The Hall–Kier alpha value is -0.850. The average molecular weight is 242 g/mol. The van der Waals surface area contributed by atoms with Crippen LogP contribution in [0.3, 0.4) is 0 Å². The number of aryl methyl sites for hydroxylation is 1. The van der Waals surface area contributed by atoms with Crippen LogP contribution in [-0.2, 0) is 15.8 Å². The Bertz CT molecular complexity index is 382. The number of hydrogen-bond acceptors (Lipinski definition) is 4. The maximum Gasteiger partial charge on any atom is 0.159 e. The fourth-order valence-electron chi connectivity index (χ4n) is 1.75. The van der Waals surface area contributed by atoms with Gasteiger partial charge in [0.05, 0.1) is 5.25 Å². The van der Waals surface area contributed by atoms with Crippen molar-refractivity contribution < 1.29 is 13.5 Å². The first-order valence-electron chi connectivity index (χ1n) is 5.18. The van der Waals surface area contributed by atoms with E-state index in [1.54, 1.807) is 12.4 Å². The molecular formula is C10H14N2O3S. The molecule has 1 aromatic heterocycles. The zero-order valence-electron chi connectivity index (χ0n) is 9.00. The maximum atomic E-state index is 11.2. The first-order valence-corrected chi connectivity index (χ1v) is 6.35. The van der Waals surface area contributed by atoms with Crippen molar-refractivity contribution in [1.29, 1.82) is 0 Å². The van der Waals surface area contributed by atoms with Crippen molar-refractivity contribution in [2.75, 3.05) is 6.61 Å². The van der Waals surface area contributed by atoms with Gasteiger partial charge in [-0.25, -0.2) is 14.2 Å². The molecule has 6 heteroatoms. The zero-order chi connectivity index (χ0) is 11.5. The van der Waals surface area contributed by atoms with Crippen LogP contribution in [0, 0.1) is 6.92 Å². The lowest BCUT2D eigenvalue weighted by Crippen LogP contribution is -2.32. The predicted octanol–water partition coefficient (Wildman–Crippen LogP) is 1.23. The summed E-state index contributed by atoms with van der Waals surface area (Å²) in [6, 6.07) is 0. The normalized spacial score (nSPS) is 27.6. The second-order valence-corrected chi connectivity index (χ2v) is 5.02. The second kappa shape index (κ2) is 4.99. The van der Waals surface area contributed by atoms with Gasteiger partial charge in [0.25, 0.3) is 0 Å². The minimum absolute atomic E-state index is 0.420. The molecule has 1 aliphatic rings. The SMILES string of the molecule is Cc1cnc([C@@H]2OCCC[C@H]2S(=O)O)nc1. The molecule has 1 N–H and O–H groups in total. The van der Waals surface area contributed by atoms with Crippen LogP contribution < -0.4 is 0 Å². The Morgan fingerprint density at radius 3 is 2.81 bits per heavy atom. The van der Waals surface area contributed by atoms with Gasteiger partial charge in [-0.3, -0.25) is 0 Å². The highest BCUT2D eigenvalue weighted by Crippen LogP contribution is 2.29. The van der Waals surface area contributed by atoms with E-state index >= 15 is 0 Å². The van der Waals surface area contributed by atoms with Gasteiger partial charge in [-0.1, -0.05) is 0 Å². The van der Waals surface area contributed by atoms with Gasteiger partial charge in [-0.05, 0) is 25.3 Å². The first kappa shape index (κ1) is 11.6. The lowest BCUT2D eigenvalue weighted by atomic mass is 10.1. The smallest absolute Gasteiger partial charge is 0.159 e. The molecule has 0 spiro atoms. The Balaban J connectivity index is 2.23. The highest BCUT2D eigenvalue weighted by Gasteiger charge is 2.33. The van der Waals surface area contributed by atoms with Crippen LogP contribution in [-0.4, -0.2) is 30.6 Å². The van der Waals surface area contributed by atoms with Gasteiger partial charge in [0.15, 0.2) is 16.9 Å². The number of aromatic nitrogens is 2. The molecule has 2 heterocycles. The third-order valence-corrected chi connectivity index (χ3v) is 3.58. The molecule has 1 fully saturated rings. The van der Waals surface area contributed by atoms with Crippen LogP contribution in [0.5, 0.6) is 0 Å². The highest BCUT2D eigenvalue weighted by molar-refractivity contribution is 7.79. The molecule has 0 radical (unpaired) electrons. The van der Waals surface area contributed by atoms with E-state index in [1.165, 1.54) is 0 Å². The molecule has 1 saturated heterocycles. The van der Waals surface area contributed by atoms with Crippen molar-refractivity contribution in [3.8, 4) is 0 Å². The lowest BCUT2D eigenvalue weighted by molar-refractivity contribution is 0.0122. The molecule has 0 bridgehead atoms. The Morgan fingerprint density at radius 2 is 2.19 bits per heavy atom. The zero-order valence-corrected chi connectivity index (χ0v) is 9.81. The van der Waals surface area contributed by atoms with Crippen LogP contribution >= 0.6 is 0 Å². The summed E-state index contributed by atoms with van der Waals surface area (Å²) in [5, 5.41) is -0.420. The van der Waals surface area contributed by atoms with Crippen molar-refractivity contribution in [3.63, 3.8) is 0 Å². The summed E-state index contributed by atoms with van der Waals surface area (Å²) in [6.07, 6.45) is 4.40. The monoisotopic (exact) mass is 242 g/mol. The second-order valence-electron chi connectivity index (χ2n) is 3.87. The first-order chi connectivity index (χ1) is 7.68. The maximum absolute atomic E-state index is 11.2. The minimum Gasteiger partial charge on any atom is -0.369 e. The summed E-state index contributed by atoms with van der Waals surface area (Å²) in [7, 11) is 0. The van der Waals surface area contributed by atoms with Gasteiger partial charge in [-0.15, -0.1) is 0 Å². The molecule has 0 saturated carbocycles. The fraction of sp³-hybridized carbons (Fsp3) is 0.600. The van der Waals surface area contributed by atoms with E-state index in [9.17, 15) is 8.76 Å². The van der Waals surface area contributed by atoms with E-state index < -0.39 is 22.4 Å². The van der Waals surface area contributed by atoms with E-state index in [0.717, 1.165) is 12.0 Å². The Kier molecular flexibility index (Phi) is 3.63. The van der Waals surface area contributed by atoms with Crippen molar-refractivity contribution >= 4 is 11.1 Å². The third kappa shape index (κ3) is 2.45. The van der Waals surface area contributed by atoms with Gasteiger partial charge < -0.3 is 9.29 Å². The van der Waals surface area contributed by atoms with E-state index in [2.05, 4.69) is 9.97 Å². The number of ether oxygens (including phenoxy) is 1. The summed E-state index contributed by atoms with van der Waals surface area (Å²) in [5.74, 6) is 0.498. The molecule has 1 aliphatic heterocycles. The van der Waals surface area contributed by atoms with E-state index in [1.807, 2.05) is 6.92 Å². The quantitative estimate of drug-likeness (QED) is 0.790. The summed E-state index contributed by atoms with van der Waals surface area (Å²) in [6.45, 7) is 2.49. The summed E-state index contributed by atoms with van der Waals surface area (Å²) >= 11 is -1.89. The molecule has 2 rings (SSSR count). The molecule has 16 heavy (non-hydrogen) atoms. The molecule has 0 aliphatic carbocycles. The summed E-state index contributed by atoms with van der Waals surface area (Å²) < 4.78 is 25.9.